The van der Waals surface area contributed by atoms with Gasteiger partial charge in [-0.2, -0.15) is 0 Å². The van der Waals surface area contributed by atoms with Gasteiger partial charge in [0, 0.05) is 17.6 Å². The molecule has 2 N–H and O–H groups in total. The Morgan fingerprint density at radius 2 is 2.09 bits per heavy atom. The van der Waals surface area contributed by atoms with Crippen molar-refractivity contribution in [1.29, 1.82) is 0 Å². The summed E-state index contributed by atoms with van der Waals surface area (Å²) in [5.74, 6) is -0.247. The second-order valence-electron chi connectivity index (χ2n) is 2.19. The van der Waals surface area contributed by atoms with Crippen molar-refractivity contribution in [1.82, 2.24) is 0 Å². The molecule has 0 saturated carbocycles. The highest BCUT2D eigenvalue weighted by molar-refractivity contribution is 7.61. The Labute approximate surface area is 65.0 Å². The Morgan fingerprint density at radius 1 is 1.64 bits per heavy atom. The van der Waals surface area contributed by atoms with Crippen molar-refractivity contribution in [3.05, 3.63) is 11.4 Å². The summed E-state index contributed by atoms with van der Waals surface area (Å²) in [5, 5.41) is 8.34. The zero-order chi connectivity index (χ0) is 9.07. The third kappa shape index (κ3) is 3.96. The molecule has 0 fully saturated rings. The molecule has 0 aliphatic carbocycles. The summed E-state index contributed by atoms with van der Waals surface area (Å²) < 4.78 is 10.9. The van der Waals surface area contributed by atoms with Gasteiger partial charge in [0.25, 0.3) is 0 Å². The van der Waals surface area contributed by atoms with Crippen molar-refractivity contribution in [2.75, 3.05) is 6.16 Å². The molecule has 64 valence electrons. The van der Waals surface area contributed by atoms with Crippen molar-refractivity contribution in [3.8, 4) is 0 Å². The number of carboxylic acid groups (broad SMARTS) is 1. The van der Waals surface area contributed by atoms with Crippen LogP contribution in [0, 0.1) is 0 Å². The average Bonchev–Trinajstić information content (AvgIpc) is 1.87. The van der Waals surface area contributed by atoms with Crippen LogP contribution in [-0.2, 0) is 9.36 Å². The summed E-state index contributed by atoms with van der Waals surface area (Å²) in [6, 6.07) is 0. The van der Waals surface area contributed by atoms with E-state index in [0.29, 0.717) is 0 Å². The molecule has 0 heterocycles. The molecule has 0 aliphatic rings. The van der Waals surface area contributed by atoms with Gasteiger partial charge in [-0.15, -0.1) is 0 Å². The molecule has 0 amide bonds. The highest BCUT2D eigenvalue weighted by atomic mass is 31.2. The molecular weight excluding hydrogens is 167 g/mol. The maximum absolute atomic E-state index is 10.9. The highest BCUT2D eigenvalue weighted by Gasteiger charge is 2.13. The fourth-order valence-corrected chi connectivity index (χ4v) is 1.35. The summed E-state index contributed by atoms with van der Waals surface area (Å²) in [6.07, 6.45) is 0.0671. The van der Waals surface area contributed by atoms with E-state index in [1.807, 2.05) is 0 Å². The van der Waals surface area contributed by atoms with Gasteiger partial charge in [0.05, 0.1) is 0 Å². The van der Waals surface area contributed by atoms with Crippen LogP contribution in [-0.4, -0.2) is 22.1 Å². The van der Waals surface area contributed by atoms with Crippen LogP contribution in [0.5, 0.6) is 0 Å². The van der Waals surface area contributed by atoms with Crippen molar-refractivity contribution < 1.29 is 19.4 Å². The van der Waals surface area contributed by atoms with E-state index in [9.17, 15) is 9.36 Å². The second-order valence-corrected chi connectivity index (χ2v) is 4.59. The molecule has 0 aromatic carbocycles. The fourth-order valence-electron chi connectivity index (χ4n) is 0.449. The normalized spacial score (nSPS) is 17.5. The van der Waals surface area contributed by atoms with Gasteiger partial charge < -0.3 is 10.00 Å². The highest BCUT2D eigenvalue weighted by Crippen LogP contribution is 2.42. The Hall–Kier alpha value is -0.600. The first-order valence-corrected chi connectivity index (χ1v) is 5.04. The van der Waals surface area contributed by atoms with Crippen LogP contribution >= 0.6 is 7.37 Å². The van der Waals surface area contributed by atoms with E-state index < -0.39 is 13.3 Å². The number of rotatable bonds is 3. The Morgan fingerprint density at radius 3 is 2.36 bits per heavy atom. The Bertz CT molecular complexity index is 231. The fraction of sp³-hybridized carbons (Fsp3) is 0.500. The molecule has 0 aromatic heterocycles. The van der Waals surface area contributed by atoms with Gasteiger partial charge in [0.15, 0.2) is 0 Å². The lowest BCUT2D eigenvalue weighted by Gasteiger charge is -2.01. The minimum atomic E-state index is -3.33. The SMILES string of the molecule is CCP(=O)(O)C=C(C)C(=O)O. The molecule has 5 heteroatoms. The molecule has 11 heavy (non-hydrogen) atoms. The van der Waals surface area contributed by atoms with Crippen molar-refractivity contribution in [3.63, 3.8) is 0 Å². The lowest BCUT2D eigenvalue weighted by atomic mass is 10.4. The number of hydrogen-bond donors (Lipinski definition) is 2. The van der Waals surface area contributed by atoms with Crippen LogP contribution in [0.1, 0.15) is 13.8 Å². The minimum Gasteiger partial charge on any atom is -0.478 e. The van der Waals surface area contributed by atoms with Crippen LogP contribution in [0.4, 0.5) is 0 Å². The topological polar surface area (TPSA) is 74.6 Å². The first-order valence-electron chi connectivity index (χ1n) is 3.13. The maximum atomic E-state index is 10.9. The zero-order valence-corrected chi connectivity index (χ0v) is 7.34. The van der Waals surface area contributed by atoms with Gasteiger partial charge in [-0.05, 0) is 6.92 Å². The standard InChI is InChI=1S/C6H11O4P/c1-3-11(9,10)4-5(2)6(7)8/h4H,3H2,1-2H3,(H,7,8)(H,9,10). The number of carboxylic acids is 1. The molecule has 0 radical (unpaired) electrons. The molecule has 0 spiro atoms. The average molecular weight is 178 g/mol. The summed E-state index contributed by atoms with van der Waals surface area (Å²) in [5.41, 5.74) is -0.0855. The van der Waals surface area contributed by atoms with Gasteiger partial charge in [-0.25, -0.2) is 4.79 Å². The van der Waals surface area contributed by atoms with Crippen LogP contribution in [0.25, 0.3) is 0 Å². The minimum absolute atomic E-state index is 0.0671. The van der Waals surface area contributed by atoms with Crippen molar-refractivity contribution >= 4 is 13.3 Å². The van der Waals surface area contributed by atoms with Gasteiger partial charge in [-0.1, -0.05) is 6.92 Å². The molecule has 0 bridgehead atoms. The third-order valence-corrected chi connectivity index (χ3v) is 2.88. The monoisotopic (exact) mass is 178 g/mol. The number of hydrogen-bond acceptors (Lipinski definition) is 2. The van der Waals surface area contributed by atoms with Gasteiger partial charge in [-0.3, -0.25) is 4.57 Å². The van der Waals surface area contributed by atoms with E-state index in [1.54, 1.807) is 0 Å². The molecule has 4 nitrogen and oxygen atoms in total. The predicted molar refractivity (Wildman–Crippen MR) is 41.8 cm³/mol. The van der Waals surface area contributed by atoms with Crippen LogP contribution in [0.15, 0.2) is 11.4 Å². The van der Waals surface area contributed by atoms with Crippen LogP contribution in [0.3, 0.4) is 0 Å². The molecular formula is C6H11O4P. The lowest BCUT2D eigenvalue weighted by molar-refractivity contribution is -0.132. The lowest BCUT2D eigenvalue weighted by Crippen LogP contribution is -1.96. The molecule has 0 rings (SSSR count). The first-order chi connectivity index (χ1) is 4.89. The number of carbonyl (C=O) groups is 1. The first kappa shape index (κ1) is 10.4. The van der Waals surface area contributed by atoms with E-state index in [4.69, 9.17) is 10.00 Å². The summed E-state index contributed by atoms with van der Waals surface area (Å²) in [4.78, 5) is 19.2. The second kappa shape index (κ2) is 3.69. The molecule has 0 aromatic rings. The third-order valence-electron chi connectivity index (χ3n) is 1.19. The predicted octanol–water partition coefficient (Wildman–Crippen LogP) is 1.27. The Balaban J connectivity index is 4.56. The van der Waals surface area contributed by atoms with Crippen LogP contribution < -0.4 is 0 Å². The van der Waals surface area contributed by atoms with Crippen molar-refractivity contribution in [2.45, 2.75) is 13.8 Å². The largest absolute Gasteiger partial charge is 0.478 e. The quantitative estimate of drug-likeness (QED) is 0.504. The van der Waals surface area contributed by atoms with E-state index in [2.05, 4.69) is 0 Å². The van der Waals surface area contributed by atoms with Gasteiger partial charge >= 0.3 is 5.97 Å². The number of aliphatic carboxylic acids is 1. The zero-order valence-electron chi connectivity index (χ0n) is 6.44. The maximum Gasteiger partial charge on any atom is 0.331 e. The van der Waals surface area contributed by atoms with E-state index in [0.717, 1.165) is 5.82 Å². The van der Waals surface area contributed by atoms with Gasteiger partial charge in [0.2, 0.25) is 7.37 Å². The molecule has 1 unspecified atom stereocenters. The molecule has 0 saturated heterocycles. The Kier molecular flexibility index (Phi) is 3.49. The van der Waals surface area contributed by atoms with E-state index >= 15 is 0 Å². The summed E-state index contributed by atoms with van der Waals surface area (Å²) >= 11 is 0. The summed E-state index contributed by atoms with van der Waals surface area (Å²) in [6.45, 7) is 2.83. The van der Waals surface area contributed by atoms with E-state index in [1.165, 1.54) is 13.8 Å². The van der Waals surface area contributed by atoms with Crippen LogP contribution in [0.2, 0.25) is 0 Å². The van der Waals surface area contributed by atoms with E-state index in [-0.39, 0.29) is 11.7 Å². The smallest absolute Gasteiger partial charge is 0.331 e. The summed E-state index contributed by atoms with van der Waals surface area (Å²) in [7, 11) is -3.33. The van der Waals surface area contributed by atoms with Gasteiger partial charge in [0.1, 0.15) is 0 Å². The van der Waals surface area contributed by atoms with Crippen molar-refractivity contribution in [2.24, 2.45) is 0 Å². The molecule has 0 aliphatic heterocycles. The molecule has 1 atom stereocenters.